The van der Waals surface area contributed by atoms with E-state index in [0.717, 1.165) is 38.7 Å². The maximum Gasteiger partial charge on any atom is 0.191 e. The molecule has 1 unspecified atom stereocenters. The molecule has 0 amide bonds. The van der Waals surface area contributed by atoms with E-state index in [1.165, 1.54) is 44.2 Å². The molecule has 2 aliphatic heterocycles. The highest BCUT2D eigenvalue weighted by atomic mass is 127. The first-order valence-corrected chi connectivity index (χ1v) is 10.8. The van der Waals surface area contributed by atoms with Crippen molar-refractivity contribution in [2.24, 2.45) is 4.99 Å². The van der Waals surface area contributed by atoms with Crippen molar-refractivity contribution >= 4 is 29.9 Å². The van der Waals surface area contributed by atoms with Gasteiger partial charge >= 0.3 is 0 Å². The second-order valence-corrected chi connectivity index (χ2v) is 7.91. The first kappa shape index (κ1) is 23.4. The van der Waals surface area contributed by atoms with Crippen LogP contribution in [0.3, 0.4) is 0 Å². The Balaban J connectivity index is 0.00000280. The summed E-state index contributed by atoms with van der Waals surface area (Å²) in [6, 6.07) is 12.0. The molecule has 3 rings (SSSR count). The molecule has 6 heteroatoms. The molecule has 2 N–H and O–H groups in total. The van der Waals surface area contributed by atoms with Crippen LogP contribution in [0.1, 0.15) is 44.6 Å². The highest BCUT2D eigenvalue weighted by Crippen LogP contribution is 2.16. The predicted octanol–water partition coefficient (Wildman–Crippen LogP) is 3.31. The van der Waals surface area contributed by atoms with Crippen LogP contribution in [0.2, 0.25) is 0 Å². The van der Waals surface area contributed by atoms with Crippen LogP contribution in [-0.2, 0) is 6.54 Å². The van der Waals surface area contributed by atoms with Crippen molar-refractivity contribution in [2.75, 3.05) is 39.8 Å². The van der Waals surface area contributed by atoms with Crippen LogP contribution in [0, 0.1) is 0 Å². The average molecular weight is 499 g/mol. The van der Waals surface area contributed by atoms with E-state index in [1.807, 2.05) is 7.05 Å². The molecule has 2 saturated heterocycles. The third kappa shape index (κ3) is 7.19. The first-order chi connectivity index (χ1) is 13.3. The van der Waals surface area contributed by atoms with Crippen LogP contribution in [-0.4, -0.2) is 67.6 Å². The second kappa shape index (κ2) is 12.6. The van der Waals surface area contributed by atoms with Crippen LogP contribution in [0.15, 0.2) is 35.3 Å². The molecule has 1 aromatic carbocycles. The third-order valence-corrected chi connectivity index (χ3v) is 6.06. The lowest BCUT2D eigenvalue weighted by Gasteiger charge is -2.36. The van der Waals surface area contributed by atoms with E-state index in [9.17, 15) is 0 Å². The van der Waals surface area contributed by atoms with E-state index in [0.29, 0.717) is 12.1 Å². The zero-order chi connectivity index (χ0) is 18.9. The van der Waals surface area contributed by atoms with Crippen LogP contribution < -0.4 is 10.6 Å². The van der Waals surface area contributed by atoms with Crippen LogP contribution in [0.4, 0.5) is 0 Å². The fourth-order valence-corrected chi connectivity index (χ4v) is 4.39. The SMILES string of the molecule is CCN1CCCCC1CNC(=NC)NC1CCN(Cc2ccccc2)CC1.I. The smallest absolute Gasteiger partial charge is 0.191 e. The summed E-state index contributed by atoms with van der Waals surface area (Å²) in [5, 5.41) is 7.24. The molecule has 2 aliphatic rings. The third-order valence-electron chi connectivity index (χ3n) is 6.06. The molecule has 28 heavy (non-hydrogen) atoms. The highest BCUT2D eigenvalue weighted by Gasteiger charge is 2.23. The number of nitrogens with one attached hydrogen (secondary N) is 2. The summed E-state index contributed by atoms with van der Waals surface area (Å²) < 4.78 is 0. The van der Waals surface area contributed by atoms with Gasteiger partial charge in [-0.2, -0.15) is 0 Å². The van der Waals surface area contributed by atoms with Gasteiger partial charge in [-0.1, -0.05) is 43.7 Å². The molecule has 2 fully saturated rings. The lowest BCUT2D eigenvalue weighted by molar-refractivity contribution is 0.157. The normalized spacial score (nSPS) is 22.5. The molecule has 158 valence electrons. The van der Waals surface area contributed by atoms with E-state index < -0.39 is 0 Å². The zero-order valence-corrected chi connectivity index (χ0v) is 19.9. The molecule has 2 heterocycles. The monoisotopic (exact) mass is 499 g/mol. The number of piperidine rings is 2. The van der Waals surface area contributed by atoms with Gasteiger partial charge in [0.15, 0.2) is 5.96 Å². The summed E-state index contributed by atoms with van der Waals surface area (Å²) >= 11 is 0. The fourth-order valence-electron chi connectivity index (χ4n) is 4.39. The Morgan fingerprint density at radius 1 is 1.07 bits per heavy atom. The summed E-state index contributed by atoms with van der Waals surface area (Å²) in [6.45, 7) is 9.03. The van der Waals surface area contributed by atoms with Gasteiger partial charge in [-0.3, -0.25) is 14.8 Å². The lowest BCUT2D eigenvalue weighted by atomic mass is 10.0. The van der Waals surface area contributed by atoms with E-state index >= 15 is 0 Å². The molecular weight excluding hydrogens is 461 g/mol. The van der Waals surface area contributed by atoms with Crippen molar-refractivity contribution in [3.63, 3.8) is 0 Å². The minimum Gasteiger partial charge on any atom is -0.355 e. The minimum absolute atomic E-state index is 0. The minimum atomic E-state index is 0. The van der Waals surface area contributed by atoms with E-state index in [1.54, 1.807) is 0 Å². The molecule has 0 radical (unpaired) electrons. The van der Waals surface area contributed by atoms with Crippen molar-refractivity contribution in [3.8, 4) is 0 Å². The van der Waals surface area contributed by atoms with E-state index in [4.69, 9.17) is 0 Å². The van der Waals surface area contributed by atoms with Gasteiger partial charge in [0.2, 0.25) is 0 Å². The molecule has 0 bridgehead atoms. The molecule has 0 aliphatic carbocycles. The number of aliphatic imine (C=N–C) groups is 1. The molecule has 5 nitrogen and oxygen atoms in total. The van der Waals surface area contributed by atoms with Gasteiger partial charge in [0.05, 0.1) is 0 Å². The van der Waals surface area contributed by atoms with Gasteiger partial charge in [-0.15, -0.1) is 24.0 Å². The van der Waals surface area contributed by atoms with Gasteiger partial charge in [0.25, 0.3) is 0 Å². The van der Waals surface area contributed by atoms with Gasteiger partial charge in [-0.05, 0) is 44.3 Å². The van der Waals surface area contributed by atoms with E-state index in [-0.39, 0.29) is 24.0 Å². The van der Waals surface area contributed by atoms with Crippen molar-refractivity contribution in [1.29, 1.82) is 0 Å². The number of rotatable bonds is 6. The Labute approximate surface area is 188 Å². The Morgan fingerprint density at radius 2 is 1.82 bits per heavy atom. The second-order valence-electron chi connectivity index (χ2n) is 7.91. The zero-order valence-electron chi connectivity index (χ0n) is 17.6. The summed E-state index contributed by atoms with van der Waals surface area (Å²) in [6.07, 6.45) is 6.36. The molecule has 0 saturated carbocycles. The molecule has 0 aromatic heterocycles. The predicted molar refractivity (Wildman–Crippen MR) is 130 cm³/mol. The van der Waals surface area contributed by atoms with Gasteiger partial charge in [0.1, 0.15) is 0 Å². The van der Waals surface area contributed by atoms with Crippen LogP contribution in [0.25, 0.3) is 0 Å². The number of guanidine groups is 1. The topological polar surface area (TPSA) is 42.9 Å². The number of benzene rings is 1. The molecular formula is C22H38IN5. The summed E-state index contributed by atoms with van der Waals surface area (Å²) in [7, 11) is 1.89. The maximum atomic E-state index is 4.47. The Kier molecular flexibility index (Phi) is 10.6. The summed E-state index contributed by atoms with van der Waals surface area (Å²) in [4.78, 5) is 9.63. The average Bonchev–Trinajstić information content (AvgIpc) is 2.73. The molecule has 1 atom stereocenters. The van der Waals surface area contributed by atoms with Crippen molar-refractivity contribution in [1.82, 2.24) is 20.4 Å². The van der Waals surface area contributed by atoms with E-state index in [2.05, 4.69) is 62.7 Å². The number of hydrogen-bond acceptors (Lipinski definition) is 3. The fraction of sp³-hybridized carbons (Fsp3) is 0.682. The summed E-state index contributed by atoms with van der Waals surface area (Å²) in [5.74, 6) is 0.970. The Bertz CT molecular complexity index is 572. The van der Waals surface area contributed by atoms with Gasteiger partial charge in [0, 0.05) is 45.3 Å². The van der Waals surface area contributed by atoms with Crippen molar-refractivity contribution in [2.45, 2.75) is 57.7 Å². The Hall–Kier alpha value is -0.860. The number of halogens is 1. The molecule has 0 spiro atoms. The lowest BCUT2D eigenvalue weighted by Crippen LogP contribution is -2.52. The van der Waals surface area contributed by atoms with Gasteiger partial charge < -0.3 is 10.6 Å². The quantitative estimate of drug-likeness (QED) is 0.358. The standard InChI is InChI=1S/C22H37N5.HI/c1-3-27-14-8-7-11-21(27)17-24-22(23-2)25-20-12-15-26(16-13-20)18-19-9-5-4-6-10-19;/h4-6,9-10,20-21H,3,7-8,11-18H2,1-2H3,(H2,23,24,25);1H. The largest absolute Gasteiger partial charge is 0.355 e. The number of likely N-dealkylation sites (tertiary alicyclic amines) is 2. The van der Waals surface area contributed by atoms with Gasteiger partial charge in [-0.25, -0.2) is 0 Å². The number of nitrogens with zero attached hydrogens (tertiary/aromatic N) is 3. The maximum absolute atomic E-state index is 4.47. The molecule has 1 aromatic rings. The number of hydrogen-bond donors (Lipinski definition) is 2. The van der Waals surface area contributed by atoms with Crippen LogP contribution >= 0.6 is 24.0 Å². The highest BCUT2D eigenvalue weighted by molar-refractivity contribution is 14.0. The van der Waals surface area contributed by atoms with Crippen molar-refractivity contribution < 1.29 is 0 Å². The number of likely N-dealkylation sites (N-methyl/N-ethyl adjacent to an activating group) is 1. The first-order valence-electron chi connectivity index (χ1n) is 10.8. The summed E-state index contributed by atoms with van der Waals surface area (Å²) in [5.41, 5.74) is 1.41. The Morgan fingerprint density at radius 3 is 2.50 bits per heavy atom. The van der Waals surface area contributed by atoms with Crippen LogP contribution in [0.5, 0.6) is 0 Å². The van der Waals surface area contributed by atoms with Crippen molar-refractivity contribution in [3.05, 3.63) is 35.9 Å².